The normalized spacial score (nSPS) is 11.9. The highest BCUT2D eigenvalue weighted by Gasteiger charge is 2.38. The fourth-order valence-electron chi connectivity index (χ4n) is 3.58. The van der Waals surface area contributed by atoms with E-state index in [9.17, 15) is 14.4 Å². The van der Waals surface area contributed by atoms with Gasteiger partial charge in [-0.1, -0.05) is 31.5 Å². The minimum Gasteiger partial charge on any atom is -0.467 e. The number of rotatable bonds is 9. The maximum absolute atomic E-state index is 13.9. The minimum absolute atomic E-state index is 0.0142. The van der Waals surface area contributed by atoms with Crippen molar-refractivity contribution in [2.45, 2.75) is 40.2 Å². The Morgan fingerprint density at radius 3 is 2.50 bits per heavy atom. The molecule has 0 aliphatic heterocycles. The summed E-state index contributed by atoms with van der Waals surface area (Å²) in [5.41, 5.74) is 13.4. The fourth-order valence-corrected chi connectivity index (χ4v) is 4.32. The Kier molecular flexibility index (Phi) is 7.72. The van der Waals surface area contributed by atoms with Crippen LogP contribution in [0, 0.1) is 19.8 Å². The lowest BCUT2D eigenvalue weighted by atomic mass is 10.0. The molecule has 0 aliphatic carbocycles. The number of nitrogen functional groups attached to an aromatic ring is 1. The van der Waals surface area contributed by atoms with Crippen molar-refractivity contribution in [3.63, 3.8) is 0 Å². The Morgan fingerprint density at radius 2 is 1.94 bits per heavy atom. The number of amides is 3. The number of primary amides is 1. The van der Waals surface area contributed by atoms with Gasteiger partial charge in [0.2, 0.25) is 0 Å². The topological polar surface area (TPSA) is 145 Å². The molecular weight excluding hydrogens is 454 g/mol. The Morgan fingerprint density at radius 1 is 1.21 bits per heavy atom. The second kappa shape index (κ2) is 10.5. The summed E-state index contributed by atoms with van der Waals surface area (Å²) in [6.07, 6.45) is 2.22. The molecule has 10 heteroatoms. The van der Waals surface area contributed by atoms with Gasteiger partial charge in [0.25, 0.3) is 17.7 Å². The third-order valence-corrected chi connectivity index (χ3v) is 6.18. The first-order valence-corrected chi connectivity index (χ1v) is 11.7. The number of benzene rings is 1. The largest absolute Gasteiger partial charge is 0.467 e. The molecule has 1 unspecified atom stereocenters. The number of nitrogens with zero attached hydrogens (tertiary/aromatic N) is 2. The maximum atomic E-state index is 13.9. The molecule has 0 radical (unpaired) electrons. The lowest BCUT2D eigenvalue weighted by molar-refractivity contribution is -0.122. The predicted molar refractivity (Wildman–Crippen MR) is 132 cm³/mol. The standard InChI is InChI=1S/C24H29N5O4S/c1-13(2)9-10-27-23(31)20(17-6-5-11-33-17)29(16-8-7-14(3)12-15(16)4)24(32)21-18(25)19(22(26)30)28-34-21/h5-8,11-13,20H,9-10,25H2,1-4H3,(H2,26,30)(H,27,31). The Balaban J connectivity index is 2.14. The van der Waals surface area contributed by atoms with E-state index in [2.05, 4.69) is 23.5 Å². The molecule has 0 saturated heterocycles. The Labute approximate surface area is 202 Å². The van der Waals surface area contributed by atoms with Crippen molar-refractivity contribution in [3.05, 3.63) is 64.1 Å². The lowest BCUT2D eigenvalue weighted by Crippen LogP contribution is -2.44. The molecule has 2 aromatic heterocycles. The van der Waals surface area contributed by atoms with Crippen LogP contribution in [-0.4, -0.2) is 28.6 Å². The monoisotopic (exact) mass is 483 g/mol. The van der Waals surface area contributed by atoms with Gasteiger partial charge < -0.3 is 21.2 Å². The first kappa shape index (κ1) is 25.0. The van der Waals surface area contributed by atoms with E-state index in [4.69, 9.17) is 15.9 Å². The zero-order chi connectivity index (χ0) is 25.0. The van der Waals surface area contributed by atoms with Gasteiger partial charge in [-0.3, -0.25) is 19.3 Å². The van der Waals surface area contributed by atoms with Gasteiger partial charge in [0.1, 0.15) is 10.6 Å². The number of anilines is 2. The molecule has 9 nitrogen and oxygen atoms in total. The molecule has 180 valence electrons. The molecule has 3 rings (SSSR count). The highest BCUT2D eigenvalue weighted by Crippen LogP contribution is 2.35. The van der Waals surface area contributed by atoms with E-state index >= 15 is 0 Å². The summed E-state index contributed by atoms with van der Waals surface area (Å²) in [5.74, 6) is -1.14. The molecule has 2 heterocycles. The van der Waals surface area contributed by atoms with Crippen LogP contribution < -0.4 is 21.7 Å². The molecule has 3 amide bonds. The van der Waals surface area contributed by atoms with Crippen LogP contribution in [-0.2, 0) is 4.79 Å². The summed E-state index contributed by atoms with van der Waals surface area (Å²) in [4.78, 5) is 40.4. The Hall–Kier alpha value is -3.66. The summed E-state index contributed by atoms with van der Waals surface area (Å²) < 4.78 is 9.55. The van der Waals surface area contributed by atoms with Gasteiger partial charge in [-0.05, 0) is 61.5 Å². The van der Waals surface area contributed by atoms with Gasteiger partial charge >= 0.3 is 0 Å². The van der Waals surface area contributed by atoms with Crippen LogP contribution in [0.1, 0.15) is 63.4 Å². The van der Waals surface area contributed by atoms with Crippen molar-refractivity contribution in [1.29, 1.82) is 0 Å². The third kappa shape index (κ3) is 5.28. The second-order valence-corrected chi connectivity index (χ2v) is 9.27. The van der Waals surface area contributed by atoms with Crippen molar-refractivity contribution >= 4 is 40.6 Å². The smallest absolute Gasteiger partial charge is 0.273 e. The van der Waals surface area contributed by atoms with Gasteiger partial charge in [0.15, 0.2) is 11.7 Å². The predicted octanol–water partition coefficient (Wildman–Crippen LogP) is 3.58. The molecule has 0 aliphatic rings. The molecule has 0 spiro atoms. The van der Waals surface area contributed by atoms with Crippen molar-refractivity contribution in [3.8, 4) is 0 Å². The number of aromatic nitrogens is 1. The number of nitrogens with one attached hydrogen (secondary N) is 1. The molecule has 1 aromatic carbocycles. The van der Waals surface area contributed by atoms with Crippen LogP contribution in [0.4, 0.5) is 11.4 Å². The number of furan rings is 1. The number of carbonyl (C=O) groups excluding carboxylic acids is 3. The second-order valence-electron chi connectivity index (χ2n) is 8.49. The van der Waals surface area contributed by atoms with Gasteiger partial charge in [-0.25, -0.2) is 0 Å². The van der Waals surface area contributed by atoms with E-state index in [-0.39, 0.29) is 22.0 Å². The summed E-state index contributed by atoms with van der Waals surface area (Å²) in [5, 5.41) is 2.92. The van der Waals surface area contributed by atoms with Crippen LogP contribution in [0.3, 0.4) is 0 Å². The first-order valence-electron chi connectivity index (χ1n) is 10.9. The van der Waals surface area contributed by atoms with E-state index in [1.165, 1.54) is 11.2 Å². The summed E-state index contributed by atoms with van der Waals surface area (Å²) in [6, 6.07) is 7.71. The number of carbonyl (C=O) groups is 3. The summed E-state index contributed by atoms with van der Waals surface area (Å²) in [7, 11) is 0. The third-order valence-electron chi connectivity index (χ3n) is 5.33. The van der Waals surface area contributed by atoms with E-state index in [0.29, 0.717) is 18.2 Å². The van der Waals surface area contributed by atoms with E-state index in [1.54, 1.807) is 18.2 Å². The van der Waals surface area contributed by atoms with Gasteiger partial charge in [-0.2, -0.15) is 4.37 Å². The highest BCUT2D eigenvalue weighted by molar-refractivity contribution is 7.09. The summed E-state index contributed by atoms with van der Waals surface area (Å²) >= 11 is 0.763. The molecule has 3 aromatic rings. The molecule has 0 saturated carbocycles. The molecule has 34 heavy (non-hydrogen) atoms. The Bertz CT molecular complexity index is 1190. The number of aryl methyl sites for hydroxylation is 2. The van der Waals surface area contributed by atoms with E-state index < -0.39 is 23.8 Å². The van der Waals surface area contributed by atoms with Crippen molar-refractivity contribution in [2.75, 3.05) is 17.2 Å². The minimum atomic E-state index is -1.12. The zero-order valence-corrected chi connectivity index (χ0v) is 20.4. The average molecular weight is 484 g/mol. The van der Waals surface area contributed by atoms with Crippen LogP contribution in [0.25, 0.3) is 0 Å². The maximum Gasteiger partial charge on any atom is 0.273 e. The van der Waals surface area contributed by atoms with Gasteiger partial charge in [0, 0.05) is 12.2 Å². The fraction of sp³-hybridized carbons (Fsp3) is 0.333. The molecule has 0 bridgehead atoms. The van der Waals surface area contributed by atoms with Crippen molar-refractivity contribution < 1.29 is 18.8 Å². The molecule has 5 N–H and O–H groups in total. The van der Waals surface area contributed by atoms with Gasteiger partial charge in [-0.15, -0.1) is 0 Å². The quantitative estimate of drug-likeness (QED) is 0.424. The van der Waals surface area contributed by atoms with Crippen LogP contribution in [0.2, 0.25) is 0 Å². The molecule has 0 fully saturated rings. The van der Waals surface area contributed by atoms with Crippen LogP contribution in [0.15, 0.2) is 41.0 Å². The first-order chi connectivity index (χ1) is 16.1. The lowest BCUT2D eigenvalue weighted by Gasteiger charge is -2.31. The van der Waals surface area contributed by atoms with E-state index in [0.717, 1.165) is 29.1 Å². The molecular formula is C24H29N5O4S. The van der Waals surface area contributed by atoms with Gasteiger partial charge in [0.05, 0.1) is 12.0 Å². The van der Waals surface area contributed by atoms with Crippen molar-refractivity contribution in [2.24, 2.45) is 11.7 Å². The van der Waals surface area contributed by atoms with Crippen LogP contribution >= 0.6 is 11.5 Å². The molecule has 1 atom stereocenters. The van der Waals surface area contributed by atoms with E-state index in [1.807, 2.05) is 26.0 Å². The number of hydrogen-bond acceptors (Lipinski definition) is 7. The number of nitrogens with two attached hydrogens (primary N) is 2. The SMILES string of the molecule is Cc1ccc(N(C(=O)c2snc(C(N)=O)c2N)C(C(=O)NCCC(C)C)c2ccco2)c(C)c1. The number of hydrogen-bond donors (Lipinski definition) is 3. The average Bonchev–Trinajstić information content (AvgIpc) is 3.41. The van der Waals surface area contributed by atoms with Crippen molar-refractivity contribution in [1.82, 2.24) is 9.69 Å². The van der Waals surface area contributed by atoms with Crippen LogP contribution in [0.5, 0.6) is 0 Å². The zero-order valence-electron chi connectivity index (χ0n) is 19.6. The summed E-state index contributed by atoms with van der Waals surface area (Å²) in [6.45, 7) is 8.35. The highest BCUT2D eigenvalue weighted by atomic mass is 32.1.